The molecule has 2 aromatic rings. The molecule has 0 aliphatic rings. The SMILES string of the molecule is Cc1cc(NC(=O)C(=O)N(C)Cc2ccc(Br)cc2)ccc1N(C)C. The van der Waals surface area contributed by atoms with Crippen LogP contribution >= 0.6 is 15.9 Å². The van der Waals surface area contributed by atoms with Gasteiger partial charge < -0.3 is 15.1 Å². The van der Waals surface area contributed by atoms with Gasteiger partial charge in [0.1, 0.15) is 0 Å². The average molecular weight is 404 g/mol. The fourth-order valence-electron chi connectivity index (χ4n) is 2.53. The summed E-state index contributed by atoms with van der Waals surface area (Å²) >= 11 is 3.37. The maximum Gasteiger partial charge on any atom is 0.313 e. The van der Waals surface area contributed by atoms with E-state index in [9.17, 15) is 9.59 Å². The van der Waals surface area contributed by atoms with E-state index in [4.69, 9.17) is 0 Å². The van der Waals surface area contributed by atoms with Crippen LogP contribution < -0.4 is 10.2 Å². The van der Waals surface area contributed by atoms with Crippen LogP contribution in [0.2, 0.25) is 0 Å². The second kappa shape index (κ2) is 8.16. The van der Waals surface area contributed by atoms with Crippen molar-refractivity contribution in [2.24, 2.45) is 0 Å². The van der Waals surface area contributed by atoms with E-state index < -0.39 is 11.8 Å². The van der Waals surface area contributed by atoms with Crippen LogP contribution in [0.4, 0.5) is 11.4 Å². The summed E-state index contributed by atoms with van der Waals surface area (Å²) in [6, 6.07) is 13.2. The Balaban J connectivity index is 2.00. The number of benzene rings is 2. The number of aryl methyl sites for hydroxylation is 1. The van der Waals surface area contributed by atoms with Gasteiger partial charge in [-0.15, -0.1) is 0 Å². The Bertz CT molecular complexity index is 773. The lowest BCUT2D eigenvalue weighted by molar-refractivity contribution is -0.142. The van der Waals surface area contributed by atoms with Gasteiger partial charge in [-0.2, -0.15) is 0 Å². The Morgan fingerprint density at radius 1 is 1.04 bits per heavy atom. The molecule has 6 heteroatoms. The molecular weight excluding hydrogens is 382 g/mol. The predicted octanol–water partition coefficient (Wildman–Crippen LogP) is 3.42. The number of nitrogens with one attached hydrogen (secondary N) is 1. The summed E-state index contributed by atoms with van der Waals surface area (Å²) in [5, 5.41) is 2.67. The third kappa shape index (κ3) is 5.06. The molecule has 0 fully saturated rings. The Kier molecular flexibility index (Phi) is 6.20. The van der Waals surface area contributed by atoms with Crippen LogP contribution in [-0.4, -0.2) is 37.9 Å². The minimum atomic E-state index is -0.642. The molecule has 0 heterocycles. The third-order valence-corrected chi connectivity index (χ3v) is 4.34. The normalized spacial score (nSPS) is 10.3. The van der Waals surface area contributed by atoms with E-state index in [1.165, 1.54) is 4.90 Å². The predicted molar refractivity (Wildman–Crippen MR) is 105 cm³/mol. The van der Waals surface area contributed by atoms with Crippen LogP contribution in [0.15, 0.2) is 46.9 Å². The zero-order chi connectivity index (χ0) is 18.6. The molecule has 25 heavy (non-hydrogen) atoms. The topological polar surface area (TPSA) is 52.7 Å². The smallest absolute Gasteiger partial charge is 0.313 e. The van der Waals surface area contributed by atoms with Crippen LogP contribution in [0.25, 0.3) is 0 Å². The molecule has 0 aromatic heterocycles. The van der Waals surface area contributed by atoms with Gasteiger partial charge in [0.05, 0.1) is 0 Å². The number of rotatable bonds is 4. The van der Waals surface area contributed by atoms with Crippen LogP contribution in [0.5, 0.6) is 0 Å². The van der Waals surface area contributed by atoms with E-state index in [2.05, 4.69) is 21.2 Å². The van der Waals surface area contributed by atoms with E-state index in [0.717, 1.165) is 21.3 Å². The van der Waals surface area contributed by atoms with Crippen molar-refractivity contribution in [2.75, 3.05) is 31.4 Å². The lowest BCUT2D eigenvalue weighted by Crippen LogP contribution is -2.36. The molecule has 0 spiro atoms. The first-order valence-corrected chi connectivity index (χ1v) is 8.66. The Hall–Kier alpha value is -2.34. The molecule has 5 nitrogen and oxygen atoms in total. The summed E-state index contributed by atoms with van der Waals surface area (Å²) in [5.41, 5.74) is 3.66. The molecule has 0 aliphatic carbocycles. The molecule has 1 N–H and O–H groups in total. The number of hydrogen-bond donors (Lipinski definition) is 1. The van der Waals surface area contributed by atoms with E-state index in [-0.39, 0.29) is 0 Å². The number of carbonyl (C=O) groups excluding carboxylic acids is 2. The molecule has 2 aromatic carbocycles. The molecule has 0 radical (unpaired) electrons. The quantitative estimate of drug-likeness (QED) is 0.795. The van der Waals surface area contributed by atoms with E-state index >= 15 is 0 Å². The van der Waals surface area contributed by atoms with Gasteiger partial charge in [-0.1, -0.05) is 28.1 Å². The van der Waals surface area contributed by atoms with Gasteiger partial charge >= 0.3 is 11.8 Å². The highest BCUT2D eigenvalue weighted by atomic mass is 79.9. The van der Waals surface area contributed by atoms with Crippen molar-refractivity contribution in [1.82, 2.24) is 4.90 Å². The van der Waals surface area contributed by atoms with Crippen molar-refractivity contribution >= 4 is 39.1 Å². The molecule has 0 aliphatic heterocycles. The molecular formula is C19H22BrN3O2. The number of hydrogen-bond acceptors (Lipinski definition) is 3. The van der Waals surface area contributed by atoms with E-state index in [1.54, 1.807) is 13.1 Å². The zero-order valence-corrected chi connectivity index (χ0v) is 16.4. The molecule has 0 unspecified atom stereocenters. The summed E-state index contributed by atoms with van der Waals surface area (Å²) in [4.78, 5) is 27.9. The lowest BCUT2D eigenvalue weighted by atomic mass is 10.1. The fraction of sp³-hybridized carbons (Fsp3) is 0.263. The van der Waals surface area contributed by atoms with Gasteiger partial charge in [0, 0.05) is 43.5 Å². The molecule has 0 bridgehead atoms. The third-order valence-electron chi connectivity index (χ3n) is 3.81. The summed E-state index contributed by atoms with van der Waals surface area (Å²) in [6.07, 6.45) is 0. The van der Waals surface area contributed by atoms with Gasteiger partial charge in [-0.05, 0) is 48.4 Å². The first kappa shape index (κ1) is 19.0. The number of nitrogens with zero attached hydrogens (tertiary/aromatic N) is 2. The summed E-state index contributed by atoms with van der Waals surface area (Å²) in [5.74, 6) is -1.21. The second-order valence-corrected chi connectivity index (χ2v) is 7.05. The Morgan fingerprint density at radius 2 is 1.68 bits per heavy atom. The number of likely N-dealkylation sites (N-methyl/N-ethyl adjacent to an activating group) is 1. The first-order valence-electron chi connectivity index (χ1n) is 7.87. The van der Waals surface area contributed by atoms with Crippen LogP contribution in [0, 0.1) is 6.92 Å². The highest BCUT2D eigenvalue weighted by Crippen LogP contribution is 2.21. The highest BCUT2D eigenvalue weighted by molar-refractivity contribution is 9.10. The molecule has 2 rings (SSSR count). The summed E-state index contributed by atoms with van der Waals surface area (Å²) in [6.45, 7) is 2.34. The van der Waals surface area contributed by atoms with Crippen molar-refractivity contribution in [1.29, 1.82) is 0 Å². The lowest BCUT2D eigenvalue weighted by Gasteiger charge is -2.18. The maximum absolute atomic E-state index is 12.3. The van der Waals surface area contributed by atoms with Crippen molar-refractivity contribution < 1.29 is 9.59 Å². The standard InChI is InChI=1S/C19H22BrN3O2/c1-13-11-16(9-10-17(13)22(2)3)21-18(24)19(25)23(4)12-14-5-7-15(20)8-6-14/h5-11H,12H2,1-4H3,(H,21,24). The average Bonchev–Trinajstić information content (AvgIpc) is 2.55. The van der Waals surface area contributed by atoms with Crippen LogP contribution in [0.1, 0.15) is 11.1 Å². The van der Waals surface area contributed by atoms with Crippen LogP contribution in [-0.2, 0) is 16.1 Å². The van der Waals surface area contributed by atoms with Gasteiger partial charge in [-0.3, -0.25) is 9.59 Å². The molecule has 0 saturated carbocycles. The minimum Gasteiger partial charge on any atom is -0.377 e. The zero-order valence-electron chi connectivity index (χ0n) is 14.8. The first-order chi connectivity index (χ1) is 11.8. The molecule has 0 saturated heterocycles. The largest absolute Gasteiger partial charge is 0.377 e. The van der Waals surface area contributed by atoms with Crippen molar-refractivity contribution in [3.8, 4) is 0 Å². The van der Waals surface area contributed by atoms with Crippen molar-refractivity contribution in [2.45, 2.75) is 13.5 Å². The highest BCUT2D eigenvalue weighted by Gasteiger charge is 2.19. The van der Waals surface area contributed by atoms with Crippen molar-refractivity contribution in [3.63, 3.8) is 0 Å². The Labute approximate surface area is 156 Å². The summed E-state index contributed by atoms with van der Waals surface area (Å²) in [7, 11) is 5.53. The number of anilines is 2. The maximum atomic E-state index is 12.3. The number of carbonyl (C=O) groups is 2. The monoisotopic (exact) mass is 403 g/mol. The van der Waals surface area contributed by atoms with E-state index in [1.807, 2.05) is 62.3 Å². The summed E-state index contributed by atoms with van der Waals surface area (Å²) < 4.78 is 0.972. The number of halogens is 1. The van der Waals surface area contributed by atoms with Gasteiger partial charge in [-0.25, -0.2) is 0 Å². The molecule has 0 atom stereocenters. The fourth-order valence-corrected chi connectivity index (χ4v) is 2.79. The molecule has 132 valence electrons. The molecule has 2 amide bonds. The van der Waals surface area contributed by atoms with Gasteiger partial charge in [0.2, 0.25) is 0 Å². The second-order valence-electron chi connectivity index (χ2n) is 6.14. The number of amides is 2. The van der Waals surface area contributed by atoms with Crippen molar-refractivity contribution in [3.05, 3.63) is 58.1 Å². The van der Waals surface area contributed by atoms with Crippen LogP contribution in [0.3, 0.4) is 0 Å². The van der Waals surface area contributed by atoms with Gasteiger partial charge in [0.15, 0.2) is 0 Å². The minimum absolute atomic E-state index is 0.373. The Morgan fingerprint density at radius 3 is 2.24 bits per heavy atom. The van der Waals surface area contributed by atoms with E-state index in [0.29, 0.717) is 12.2 Å². The van der Waals surface area contributed by atoms with Gasteiger partial charge in [0.25, 0.3) is 0 Å².